The molecule has 0 saturated heterocycles. The quantitative estimate of drug-likeness (QED) is 0.451. The third-order valence-electron chi connectivity index (χ3n) is 4.51. The van der Waals surface area contributed by atoms with Crippen molar-refractivity contribution in [3.05, 3.63) is 59.7 Å². The Morgan fingerprint density at radius 3 is 2.69 bits per heavy atom. The summed E-state index contributed by atoms with van der Waals surface area (Å²) in [5.41, 5.74) is 5.62. The number of aromatic nitrogens is 4. The summed E-state index contributed by atoms with van der Waals surface area (Å²) >= 11 is 1.67. The molecule has 0 spiro atoms. The average Bonchev–Trinajstić information content (AvgIpc) is 2.96. The van der Waals surface area contributed by atoms with E-state index in [4.69, 9.17) is 4.98 Å². The van der Waals surface area contributed by atoms with Crippen LogP contribution in [0, 0.1) is 6.92 Å². The van der Waals surface area contributed by atoms with Gasteiger partial charge in [0.2, 0.25) is 5.16 Å². The van der Waals surface area contributed by atoms with Crippen molar-refractivity contribution in [1.82, 2.24) is 19.7 Å². The highest BCUT2D eigenvalue weighted by Gasteiger charge is 2.14. The lowest BCUT2D eigenvalue weighted by Gasteiger charge is -2.05. The highest BCUT2D eigenvalue weighted by atomic mass is 32.2. The van der Waals surface area contributed by atoms with E-state index in [-0.39, 0.29) is 0 Å². The van der Waals surface area contributed by atoms with Gasteiger partial charge in [-0.1, -0.05) is 60.6 Å². The standard InChI is InChI=1S/C21H22N4S/c1-3-12-25-18-10-9-15(2)14-17(18)19-20(25)22-21(24-23-19)26-13-11-16-7-5-4-6-8-16/h4-10,14H,3,11-13H2,1-2H3. The summed E-state index contributed by atoms with van der Waals surface area (Å²) in [5.74, 6) is 0.949. The molecular weight excluding hydrogens is 340 g/mol. The molecule has 0 bridgehead atoms. The SMILES string of the molecule is CCCn1c2ccc(C)cc2c2nnc(SCCc3ccccc3)nc21. The number of hydrogen-bond donors (Lipinski definition) is 0. The predicted octanol–water partition coefficient (Wildman–Crippen LogP) is 5.03. The molecule has 0 aliphatic rings. The monoisotopic (exact) mass is 362 g/mol. The Hall–Kier alpha value is -2.40. The molecule has 0 fully saturated rings. The summed E-state index contributed by atoms with van der Waals surface area (Å²) in [6.45, 7) is 5.24. The summed E-state index contributed by atoms with van der Waals surface area (Å²) < 4.78 is 2.28. The summed E-state index contributed by atoms with van der Waals surface area (Å²) in [6, 6.07) is 17.0. The molecule has 4 aromatic rings. The van der Waals surface area contributed by atoms with Gasteiger partial charge in [0.15, 0.2) is 5.65 Å². The molecule has 5 heteroatoms. The zero-order valence-electron chi connectivity index (χ0n) is 15.1. The summed E-state index contributed by atoms with van der Waals surface area (Å²) in [4.78, 5) is 4.84. The smallest absolute Gasteiger partial charge is 0.211 e. The molecule has 0 radical (unpaired) electrons. The first kappa shape index (κ1) is 17.0. The van der Waals surface area contributed by atoms with E-state index >= 15 is 0 Å². The maximum Gasteiger partial charge on any atom is 0.211 e. The van der Waals surface area contributed by atoms with E-state index in [0.29, 0.717) is 0 Å². The number of benzene rings is 2. The lowest BCUT2D eigenvalue weighted by molar-refractivity contribution is 0.709. The molecule has 2 aromatic heterocycles. The van der Waals surface area contributed by atoms with Crippen LogP contribution in [0.1, 0.15) is 24.5 Å². The highest BCUT2D eigenvalue weighted by molar-refractivity contribution is 7.99. The lowest BCUT2D eigenvalue weighted by Crippen LogP contribution is -2.00. The fraction of sp³-hybridized carbons (Fsp3) is 0.286. The number of hydrogen-bond acceptors (Lipinski definition) is 4. The van der Waals surface area contributed by atoms with Crippen molar-refractivity contribution in [3.8, 4) is 0 Å². The molecule has 26 heavy (non-hydrogen) atoms. The molecule has 2 aromatic carbocycles. The molecule has 4 nitrogen and oxygen atoms in total. The van der Waals surface area contributed by atoms with Gasteiger partial charge in [-0.3, -0.25) is 0 Å². The molecule has 2 heterocycles. The van der Waals surface area contributed by atoms with E-state index < -0.39 is 0 Å². The van der Waals surface area contributed by atoms with Gasteiger partial charge < -0.3 is 4.57 Å². The second kappa shape index (κ2) is 7.46. The summed E-state index contributed by atoms with van der Waals surface area (Å²) in [5, 5.41) is 10.8. The average molecular weight is 363 g/mol. The van der Waals surface area contributed by atoms with E-state index in [1.807, 2.05) is 6.07 Å². The van der Waals surface area contributed by atoms with Crippen LogP contribution in [0.3, 0.4) is 0 Å². The first-order valence-corrected chi connectivity index (χ1v) is 10.0. The Morgan fingerprint density at radius 2 is 1.88 bits per heavy atom. The minimum Gasteiger partial charge on any atom is -0.324 e. The van der Waals surface area contributed by atoms with Crippen molar-refractivity contribution >= 4 is 33.8 Å². The zero-order chi connectivity index (χ0) is 17.9. The van der Waals surface area contributed by atoms with Gasteiger partial charge in [0.05, 0.1) is 5.52 Å². The minimum absolute atomic E-state index is 0.755. The largest absolute Gasteiger partial charge is 0.324 e. The Labute approximate surface area is 157 Å². The van der Waals surface area contributed by atoms with Crippen molar-refractivity contribution in [3.63, 3.8) is 0 Å². The highest BCUT2D eigenvalue weighted by Crippen LogP contribution is 2.28. The molecular formula is C21H22N4S. The Kier molecular flexibility index (Phi) is 4.89. The minimum atomic E-state index is 0.755. The Morgan fingerprint density at radius 1 is 1.04 bits per heavy atom. The van der Waals surface area contributed by atoms with Crippen LogP contribution in [0.2, 0.25) is 0 Å². The van der Waals surface area contributed by atoms with Gasteiger partial charge in [0.25, 0.3) is 0 Å². The molecule has 0 N–H and O–H groups in total. The number of nitrogens with zero attached hydrogens (tertiary/aromatic N) is 4. The van der Waals surface area contributed by atoms with E-state index in [0.717, 1.165) is 46.8 Å². The first-order chi connectivity index (χ1) is 12.8. The number of fused-ring (bicyclic) bond motifs is 3. The molecule has 4 rings (SSSR count). The van der Waals surface area contributed by atoms with E-state index in [1.54, 1.807) is 11.8 Å². The molecule has 0 unspecified atom stereocenters. The zero-order valence-corrected chi connectivity index (χ0v) is 16.0. The fourth-order valence-electron chi connectivity index (χ4n) is 3.27. The lowest BCUT2D eigenvalue weighted by atomic mass is 10.2. The van der Waals surface area contributed by atoms with Crippen molar-refractivity contribution < 1.29 is 0 Å². The number of thioether (sulfide) groups is 1. The van der Waals surface area contributed by atoms with E-state index in [1.165, 1.54) is 16.6 Å². The number of rotatable bonds is 6. The predicted molar refractivity (Wildman–Crippen MR) is 109 cm³/mol. The van der Waals surface area contributed by atoms with Crippen LogP contribution in [0.15, 0.2) is 53.7 Å². The number of aryl methyl sites for hydroxylation is 3. The van der Waals surface area contributed by atoms with Gasteiger partial charge in [-0.25, -0.2) is 4.98 Å². The van der Waals surface area contributed by atoms with Gasteiger partial charge >= 0.3 is 0 Å². The molecule has 0 saturated carbocycles. The van der Waals surface area contributed by atoms with Crippen molar-refractivity contribution in [2.45, 2.75) is 38.4 Å². The van der Waals surface area contributed by atoms with Crippen molar-refractivity contribution in [1.29, 1.82) is 0 Å². The van der Waals surface area contributed by atoms with Crippen LogP contribution in [-0.2, 0) is 13.0 Å². The van der Waals surface area contributed by atoms with Crippen LogP contribution in [0.5, 0.6) is 0 Å². The summed E-state index contributed by atoms with van der Waals surface area (Å²) in [6.07, 6.45) is 2.07. The Bertz CT molecular complexity index is 1040. The van der Waals surface area contributed by atoms with Crippen molar-refractivity contribution in [2.24, 2.45) is 0 Å². The van der Waals surface area contributed by atoms with Crippen LogP contribution in [0.25, 0.3) is 22.1 Å². The van der Waals surface area contributed by atoms with Crippen LogP contribution in [0.4, 0.5) is 0 Å². The Balaban J connectivity index is 1.65. The van der Waals surface area contributed by atoms with Gasteiger partial charge in [0, 0.05) is 17.7 Å². The maximum atomic E-state index is 4.84. The molecule has 0 atom stereocenters. The molecule has 0 aliphatic carbocycles. The second-order valence-electron chi connectivity index (χ2n) is 6.52. The van der Waals surface area contributed by atoms with Crippen LogP contribution in [-0.4, -0.2) is 25.5 Å². The normalized spacial score (nSPS) is 11.5. The molecule has 132 valence electrons. The van der Waals surface area contributed by atoms with Crippen LogP contribution >= 0.6 is 11.8 Å². The molecule has 0 amide bonds. The van der Waals surface area contributed by atoms with Gasteiger partial charge in [0.1, 0.15) is 5.52 Å². The maximum absolute atomic E-state index is 4.84. The second-order valence-corrected chi connectivity index (χ2v) is 7.58. The van der Waals surface area contributed by atoms with Gasteiger partial charge in [-0.15, -0.1) is 10.2 Å². The van der Waals surface area contributed by atoms with Crippen LogP contribution < -0.4 is 0 Å². The third kappa shape index (κ3) is 3.31. The topological polar surface area (TPSA) is 43.6 Å². The first-order valence-electron chi connectivity index (χ1n) is 9.06. The molecule has 0 aliphatic heterocycles. The van der Waals surface area contributed by atoms with E-state index in [2.05, 4.69) is 71.1 Å². The summed E-state index contributed by atoms with van der Waals surface area (Å²) in [7, 11) is 0. The third-order valence-corrected chi connectivity index (χ3v) is 5.35. The van der Waals surface area contributed by atoms with Gasteiger partial charge in [-0.2, -0.15) is 0 Å². The van der Waals surface area contributed by atoms with Crippen molar-refractivity contribution in [2.75, 3.05) is 5.75 Å². The van der Waals surface area contributed by atoms with E-state index in [9.17, 15) is 0 Å². The van der Waals surface area contributed by atoms with Gasteiger partial charge in [-0.05, 0) is 37.5 Å². The fourth-order valence-corrected chi connectivity index (χ4v) is 4.04.